The van der Waals surface area contributed by atoms with Crippen LogP contribution in [0.1, 0.15) is 46.5 Å². The van der Waals surface area contributed by atoms with E-state index >= 15 is 0 Å². The maximum absolute atomic E-state index is 5.79. The summed E-state index contributed by atoms with van der Waals surface area (Å²) in [7, 11) is 0. The van der Waals surface area contributed by atoms with Gasteiger partial charge in [0.1, 0.15) is 0 Å². The van der Waals surface area contributed by atoms with Crippen LogP contribution >= 0.6 is 0 Å². The minimum Gasteiger partial charge on any atom is -0.376 e. The number of hydrogen-bond donors (Lipinski definition) is 0. The summed E-state index contributed by atoms with van der Waals surface area (Å²) >= 11 is 0. The molecule has 0 aromatic heterocycles. The third kappa shape index (κ3) is 4.10. The fourth-order valence-electron chi connectivity index (χ4n) is 1.45. The summed E-state index contributed by atoms with van der Waals surface area (Å²) in [5, 5.41) is 0. The van der Waals surface area contributed by atoms with Crippen LogP contribution in [0.2, 0.25) is 0 Å². The van der Waals surface area contributed by atoms with E-state index < -0.39 is 0 Å². The number of rotatable bonds is 7. The van der Waals surface area contributed by atoms with Crippen molar-refractivity contribution in [2.45, 2.75) is 64.8 Å². The SMILES string of the molecule is CCCOC(CC)C(C)OC1CC1. The largest absolute Gasteiger partial charge is 0.376 e. The maximum Gasteiger partial charge on any atom is 0.0831 e. The van der Waals surface area contributed by atoms with Crippen LogP contribution in [0, 0.1) is 0 Å². The molecule has 0 N–H and O–H groups in total. The van der Waals surface area contributed by atoms with Gasteiger partial charge in [0.05, 0.1) is 18.3 Å². The Hall–Kier alpha value is -0.0800. The third-order valence-electron chi connectivity index (χ3n) is 2.39. The maximum atomic E-state index is 5.79. The second-order valence-corrected chi connectivity index (χ2v) is 3.86. The van der Waals surface area contributed by atoms with E-state index in [4.69, 9.17) is 9.47 Å². The molecule has 0 radical (unpaired) electrons. The van der Waals surface area contributed by atoms with Crippen molar-refractivity contribution in [3.63, 3.8) is 0 Å². The van der Waals surface area contributed by atoms with Gasteiger partial charge in [0.2, 0.25) is 0 Å². The van der Waals surface area contributed by atoms with Crippen LogP contribution in [0.15, 0.2) is 0 Å². The van der Waals surface area contributed by atoms with E-state index in [0.717, 1.165) is 19.4 Å². The summed E-state index contributed by atoms with van der Waals surface area (Å²) in [4.78, 5) is 0. The van der Waals surface area contributed by atoms with Crippen molar-refractivity contribution in [1.29, 1.82) is 0 Å². The molecule has 0 bridgehead atoms. The van der Waals surface area contributed by atoms with Gasteiger partial charge < -0.3 is 9.47 Å². The van der Waals surface area contributed by atoms with E-state index in [0.29, 0.717) is 12.2 Å². The van der Waals surface area contributed by atoms with Gasteiger partial charge in [0, 0.05) is 6.61 Å². The zero-order valence-corrected chi connectivity index (χ0v) is 9.08. The fraction of sp³-hybridized carbons (Fsp3) is 1.00. The minimum atomic E-state index is 0.268. The van der Waals surface area contributed by atoms with Crippen LogP contribution in [0.25, 0.3) is 0 Å². The van der Waals surface area contributed by atoms with Crippen LogP contribution in [0.4, 0.5) is 0 Å². The summed E-state index contributed by atoms with van der Waals surface area (Å²) < 4.78 is 11.5. The molecule has 0 amide bonds. The molecule has 1 rings (SSSR count). The Morgan fingerprint density at radius 3 is 2.46 bits per heavy atom. The quantitative estimate of drug-likeness (QED) is 0.608. The first-order valence-corrected chi connectivity index (χ1v) is 5.55. The van der Waals surface area contributed by atoms with Crippen molar-refractivity contribution in [3.05, 3.63) is 0 Å². The molecule has 0 aliphatic heterocycles. The second kappa shape index (κ2) is 5.61. The van der Waals surface area contributed by atoms with Gasteiger partial charge in [-0.15, -0.1) is 0 Å². The van der Waals surface area contributed by atoms with Gasteiger partial charge in [-0.05, 0) is 32.6 Å². The summed E-state index contributed by atoms with van der Waals surface area (Å²) in [5.41, 5.74) is 0. The predicted octanol–water partition coefficient (Wildman–Crippen LogP) is 2.76. The van der Waals surface area contributed by atoms with Crippen LogP contribution in [-0.2, 0) is 9.47 Å². The monoisotopic (exact) mass is 186 g/mol. The highest BCUT2D eigenvalue weighted by molar-refractivity contribution is 4.77. The molecule has 0 aromatic carbocycles. The molecule has 13 heavy (non-hydrogen) atoms. The predicted molar refractivity (Wildman–Crippen MR) is 53.9 cm³/mol. The van der Waals surface area contributed by atoms with Gasteiger partial charge in [-0.2, -0.15) is 0 Å². The molecule has 0 aromatic rings. The van der Waals surface area contributed by atoms with Crippen molar-refractivity contribution < 1.29 is 9.47 Å². The highest BCUT2D eigenvalue weighted by Crippen LogP contribution is 2.26. The highest BCUT2D eigenvalue weighted by atomic mass is 16.5. The van der Waals surface area contributed by atoms with E-state index in [2.05, 4.69) is 20.8 Å². The fourth-order valence-corrected chi connectivity index (χ4v) is 1.45. The molecular formula is C11H22O2. The third-order valence-corrected chi connectivity index (χ3v) is 2.39. The average molecular weight is 186 g/mol. The van der Waals surface area contributed by atoms with Gasteiger partial charge in [0.15, 0.2) is 0 Å². The van der Waals surface area contributed by atoms with E-state index in [-0.39, 0.29) is 6.10 Å². The van der Waals surface area contributed by atoms with Crippen LogP contribution < -0.4 is 0 Å². The Bertz CT molecular complexity index is 132. The number of ether oxygens (including phenoxy) is 2. The van der Waals surface area contributed by atoms with Crippen molar-refractivity contribution >= 4 is 0 Å². The first-order chi connectivity index (χ1) is 6.27. The van der Waals surface area contributed by atoms with Gasteiger partial charge in [-0.3, -0.25) is 0 Å². The van der Waals surface area contributed by atoms with Gasteiger partial charge in [0.25, 0.3) is 0 Å². The van der Waals surface area contributed by atoms with Crippen molar-refractivity contribution in [2.75, 3.05) is 6.61 Å². The number of hydrogen-bond acceptors (Lipinski definition) is 2. The Kier molecular flexibility index (Phi) is 4.74. The molecule has 1 saturated carbocycles. The van der Waals surface area contributed by atoms with E-state index in [1.54, 1.807) is 0 Å². The molecule has 2 atom stereocenters. The van der Waals surface area contributed by atoms with Crippen molar-refractivity contribution in [1.82, 2.24) is 0 Å². The minimum absolute atomic E-state index is 0.268. The summed E-state index contributed by atoms with van der Waals surface area (Å²) in [6.07, 6.45) is 5.72. The van der Waals surface area contributed by atoms with Crippen LogP contribution in [0.5, 0.6) is 0 Å². The normalized spacial score (nSPS) is 21.5. The average Bonchev–Trinajstić information content (AvgIpc) is 2.90. The molecule has 2 heteroatoms. The molecule has 1 fully saturated rings. The van der Waals surface area contributed by atoms with E-state index in [9.17, 15) is 0 Å². The molecule has 2 nitrogen and oxygen atoms in total. The molecule has 0 saturated heterocycles. The van der Waals surface area contributed by atoms with E-state index in [1.807, 2.05) is 0 Å². The smallest absolute Gasteiger partial charge is 0.0831 e. The van der Waals surface area contributed by atoms with Crippen molar-refractivity contribution in [2.24, 2.45) is 0 Å². The van der Waals surface area contributed by atoms with Crippen LogP contribution in [0.3, 0.4) is 0 Å². The zero-order valence-electron chi connectivity index (χ0n) is 9.08. The van der Waals surface area contributed by atoms with Crippen LogP contribution in [-0.4, -0.2) is 24.9 Å². The molecule has 1 aliphatic carbocycles. The molecule has 78 valence electrons. The molecule has 2 unspecified atom stereocenters. The second-order valence-electron chi connectivity index (χ2n) is 3.86. The van der Waals surface area contributed by atoms with Gasteiger partial charge in [-0.1, -0.05) is 13.8 Å². The Balaban J connectivity index is 2.17. The van der Waals surface area contributed by atoms with Crippen molar-refractivity contribution in [3.8, 4) is 0 Å². The first-order valence-electron chi connectivity index (χ1n) is 5.55. The topological polar surface area (TPSA) is 18.5 Å². The zero-order chi connectivity index (χ0) is 9.68. The lowest BCUT2D eigenvalue weighted by Gasteiger charge is -2.23. The van der Waals surface area contributed by atoms with Gasteiger partial charge in [-0.25, -0.2) is 0 Å². The lowest BCUT2D eigenvalue weighted by atomic mass is 10.2. The summed E-state index contributed by atoms with van der Waals surface area (Å²) in [6, 6.07) is 0. The Morgan fingerprint density at radius 1 is 1.31 bits per heavy atom. The molecular weight excluding hydrogens is 164 g/mol. The van der Waals surface area contributed by atoms with Gasteiger partial charge >= 0.3 is 0 Å². The standard InChI is InChI=1S/C11H22O2/c1-4-8-12-11(5-2)9(3)13-10-6-7-10/h9-11H,4-8H2,1-3H3. The molecule has 0 spiro atoms. The lowest BCUT2D eigenvalue weighted by Crippen LogP contribution is -2.29. The Labute approximate surface area is 81.6 Å². The Morgan fingerprint density at radius 2 is 2.00 bits per heavy atom. The van der Waals surface area contributed by atoms with E-state index in [1.165, 1.54) is 12.8 Å². The highest BCUT2D eigenvalue weighted by Gasteiger charge is 2.27. The molecule has 0 heterocycles. The summed E-state index contributed by atoms with van der Waals surface area (Å²) in [6.45, 7) is 7.28. The first kappa shape index (κ1) is 11.0. The molecule has 1 aliphatic rings. The summed E-state index contributed by atoms with van der Waals surface area (Å²) in [5.74, 6) is 0. The lowest BCUT2D eigenvalue weighted by molar-refractivity contribution is -0.0721.